The van der Waals surface area contributed by atoms with Gasteiger partial charge >= 0.3 is 0 Å². The molecule has 0 amide bonds. The average Bonchev–Trinajstić information content (AvgIpc) is 3.42. The highest BCUT2D eigenvalue weighted by Crippen LogP contribution is 2.41. The molecule has 13 aromatic rings. The highest BCUT2D eigenvalue weighted by molar-refractivity contribution is 6.14. The van der Waals surface area contributed by atoms with Crippen molar-refractivity contribution in [2.24, 2.45) is 0 Å². The molecular weight excluding hydrogens is 825 g/mol. The van der Waals surface area contributed by atoms with Crippen LogP contribution < -0.4 is 0 Å². The van der Waals surface area contributed by atoms with Gasteiger partial charge in [-0.3, -0.25) is 4.98 Å². The van der Waals surface area contributed by atoms with Crippen LogP contribution in [0, 0.1) is 0 Å². The summed E-state index contributed by atoms with van der Waals surface area (Å²) in [7, 11) is 0. The highest BCUT2D eigenvalue weighted by atomic mass is 15.0. The van der Waals surface area contributed by atoms with E-state index in [1.165, 1.54) is 32.3 Å². The van der Waals surface area contributed by atoms with Crippen molar-refractivity contribution in [3.8, 4) is 78.8 Å². The number of hydrogen-bond acceptors (Lipinski definition) is 4. The quantitative estimate of drug-likeness (QED) is 0.150. The lowest BCUT2D eigenvalue weighted by atomic mass is 9.90. The molecule has 0 bridgehead atoms. The van der Waals surface area contributed by atoms with Gasteiger partial charge in [-0.2, -0.15) is 0 Å². The molecule has 4 heteroatoms. The largest absolute Gasteiger partial charge is 0.256 e. The van der Waals surface area contributed by atoms with Crippen LogP contribution in [0.15, 0.2) is 243 Å². The zero-order chi connectivity index (χ0) is 45.0. The maximum Gasteiger partial charge on any atom is 0.164 e. The van der Waals surface area contributed by atoms with Crippen molar-refractivity contribution in [2.45, 2.75) is 0 Å². The number of benzene rings is 11. The second-order valence-corrected chi connectivity index (χ2v) is 17.4. The molecule has 316 valence electrons. The molecule has 2 aromatic heterocycles. The fraction of sp³-hybridized carbons (Fsp3) is 0. The summed E-state index contributed by atoms with van der Waals surface area (Å²) in [4.78, 5) is 21.0. The van der Waals surface area contributed by atoms with E-state index in [2.05, 4.69) is 231 Å². The van der Waals surface area contributed by atoms with Crippen molar-refractivity contribution in [3.05, 3.63) is 243 Å². The molecule has 2 heterocycles. The predicted octanol–water partition coefficient (Wildman–Crippen LogP) is 16.7. The molecule has 13 rings (SSSR count). The van der Waals surface area contributed by atoms with Crippen LogP contribution in [-0.2, 0) is 0 Å². The number of rotatable bonds is 7. The van der Waals surface area contributed by atoms with E-state index >= 15 is 0 Å². The van der Waals surface area contributed by atoms with Crippen LogP contribution >= 0.6 is 0 Å². The SMILES string of the molecule is c1cnc(-c2ccc3ccccc3c2)c(-c2ccc(-c3cc(-c4nc(-c5cccc6ccccc56)nc(-c5cccc6ccccc56)n4)cc(-c4cc5ccccc5c5ccccc45)c3)cc2)c1. The van der Waals surface area contributed by atoms with E-state index in [4.69, 9.17) is 19.9 Å². The van der Waals surface area contributed by atoms with E-state index in [0.717, 1.165) is 82.9 Å². The molecular formula is C64H40N4. The summed E-state index contributed by atoms with van der Waals surface area (Å²) < 4.78 is 0. The van der Waals surface area contributed by atoms with Crippen molar-refractivity contribution >= 4 is 53.9 Å². The summed E-state index contributed by atoms with van der Waals surface area (Å²) >= 11 is 0. The zero-order valence-electron chi connectivity index (χ0n) is 36.9. The highest BCUT2D eigenvalue weighted by Gasteiger charge is 2.19. The summed E-state index contributed by atoms with van der Waals surface area (Å²) in [5, 5.41) is 11.7. The van der Waals surface area contributed by atoms with Crippen molar-refractivity contribution in [1.29, 1.82) is 0 Å². The van der Waals surface area contributed by atoms with E-state index in [1.54, 1.807) is 0 Å². The Morgan fingerprint density at radius 3 is 1.43 bits per heavy atom. The first-order valence-electron chi connectivity index (χ1n) is 23.0. The molecule has 68 heavy (non-hydrogen) atoms. The van der Waals surface area contributed by atoms with Crippen LogP contribution in [0.3, 0.4) is 0 Å². The average molecular weight is 865 g/mol. The maximum atomic E-state index is 5.39. The van der Waals surface area contributed by atoms with Crippen LogP contribution in [0.5, 0.6) is 0 Å². The number of aromatic nitrogens is 4. The number of hydrogen-bond donors (Lipinski definition) is 0. The van der Waals surface area contributed by atoms with Gasteiger partial charge in [-0.25, -0.2) is 15.0 Å². The Morgan fingerprint density at radius 1 is 0.221 bits per heavy atom. The molecule has 0 spiro atoms. The van der Waals surface area contributed by atoms with Crippen LogP contribution in [-0.4, -0.2) is 19.9 Å². The van der Waals surface area contributed by atoms with E-state index in [1.807, 2.05) is 12.3 Å². The first kappa shape index (κ1) is 39.3. The lowest BCUT2D eigenvalue weighted by Crippen LogP contribution is -2.01. The van der Waals surface area contributed by atoms with Crippen molar-refractivity contribution in [3.63, 3.8) is 0 Å². The van der Waals surface area contributed by atoms with E-state index in [9.17, 15) is 0 Å². The summed E-state index contributed by atoms with van der Waals surface area (Å²) in [6.45, 7) is 0. The minimum absolute atomic E-state index is 0.603. The fourth-order valence-electron chi connectivity index (χ4n) is 10.0. The summed E-state index contributed by atoms with van der Waals surface area (Å²) in [6, 6.07) is 84.2. The Bertz CT molecular complexity index is 3990. The molecule has 0 radical (unpaired) electrons. The van der Waals surface area contributed by atoms with Gasteiger partial charge in [0.25, 0.3) is 0 Å². The number of nitrogens with zero attached hydrogens (tertiary/aromatic N) is 4. The number of fused-ring (bicyclic) bond motifs is 6. The molecule has 0 saturated carbocycles. The monoisotopic (exact) mass is 864 g/mol. The molecule has 0 aliphatic heterocycles. The van der Waals surface area contributed by atoms with Gasteiger partial charge in [-0.15, -0.1) is 0 Å². The Balaban J connectivity index is 1.02. The number of pyridine rings is 1. The standard InChI is InChI=1S/C64H40N4/c1-2-17-46-36-48(34-31-41(46)14-1)61-55(28-13-35-65-61)45-32-29-42(30-33-45)49-37-50(60-40-47-18-5-8-23-54(47)56-24-9-10-25-57(56)60)39-51(38-49)62-66-63(58-26-11-19-43-15-3-6-21-52(43)58)68-64(67-62)59-27-12-20-44-16-4-7-22-53(44)59/h1-40H. The van der Waals surface area contributed by atoms with Gasteiger partial charge in [0.1, 0.15) is 0 Å². The Hall–Kier alpha value is -9.12. The van der Waals surface area contributed by atoms with Crippen molar-refractivity contribution in [2.75, 3.05) is 0 Å². The first-order valence-corrected chi connectivity index (χ1v) is 23.0. The molecule has 11 aromatic carbocycles. The zero-order valence-corrected chi connectivity index (χ0v) is 36.9. The Kier molecular flexibility index (Phi) is 9.47. The van der Waals surface area contributed by atoms with Gasteiger partial charge in [0, 0.05) is 34.0 Å². The third-order valence-electron chi connectivity index (χ3n) is 13.3. The normalized spacial score (nSPS) is 11.5. The fourth-order valence-corrected chi connectivity index (χ4v) is 10.0. The summed E-state index contributed by atoms with van der Waals surface area (Å²) in [6.07, 6.45) is 1.88. The molecule has 4 nitrogen and oxygen atoms in total. The van der Waals surface area contributed by atoms with E-state index in [0.29, 0.717) is 17.5 Å². The Morgan fingerprint density at radius 2 is 0.721 bits per heavy atom. The predicted molar refractivity (Wildman–Crippen MR) is 283 cm³/mol. The van der Waals surface area contributed by atoms with Crippen molar-refractivity contribution in [1.82, 2.24) is 19.9 Å². The second-order valence-electron chi connectivity index (χ2n) is 17.4. The van der Waals surface area contributed by atoms with Crippen LogP contribution in [0.4, 0.5) is 0 Å². The van der Waals surface area contributed by atoms with Crippen LogP contribution in [0.25, 0.3) is 133 Å². The molecule has 0 unspecified atom stereocenters. The lowest BCUT2D eigenvalue weighted by molar-refractivity contribution is 1.08. The van der Waals surface area contributed by atoms with E-state index < -0.39 is 0 Å². The van der Waals surface area contributed by atoms with Gasteiger partial charge < -0.3 is 0 Å². The third-order valence-corrected chi connectivity index (χ3v) is 13.3. The molecule has 0 N–H and O–H groups in total. The van der Waals surface area contributed by atoms with Crippen molar-refractivity contribution < 1.29 is 0 Å². The minimum atomic E-state index is 0.603. The van der Waals surface area contributed by atoms with Crippen LogP contribution in [0.2, 0.25) is 0 Å². The van der Waals surface area contributed by atoms with Gasteiger partial charge in [0.05, 0.1) is 5.69 Å². The third kappa shape index (κ3) is 6.95. The van der Waals surface area contributed by atoms with E-state index in [-0.39, 0.29) is 0 Å². The van der Waals surface area contributed by atoms with Gasteiger partial charge in [-0.05, 0) is 118 Å². The second kappa shape index (κ2) is 16.4. The Labute approximate surface area is 393 Å². The minimum Gasteiger partial charge on any atom is -0.256 e. The maximum absolute atomic E-state index is 5.39. The van der Waals surface area contributed by atoms with Gasteiger partial charge in [-0.1, -0.05) is 200 Å². The molecule has 0 atom stereocenters. The molecule has 0 saturated heterocycles. The van der Waals surface area contributed by atoms with Crippen LogP contribution in [0.1, 0.15) is 0 Å². The van der Waals surface area contributed by atoms with Gasteiger partial charge in [0.2, 0.25) is 0 Å². The first-order chi connectivity index (χ1) is 33.7. The summed E-state index contributed by atoms with van der Waals surface area (Å²) in [5.74, 6) is 1.85. The smallest absolute Gasteiger partial charge is 0.164 e. The lowest BCUT2D eigenvalue weighted by Gasteiger charge is -2.16. The van der Waals surface area contributed by atoms with Gasteiger partial charge in [0.15, 0.2) is 17.5 Å². The topological polar surface area (TPSA) is 51.6 Å². The molecule has 0 aliphatic carbocycles. The summed E-state index contributed by atoms with van der Waals surface area (Å²) in [5.41, 5.74) is 11.4. The molecule has 0 fully saturated rings. The molecule has 0 aliphatic rings.